The fraction of sp³-hybridized carbons (Fsp3) is 0.857. The van der Waals surface area contributed by atoms with Gasteiger partial charge in [0.15, 0.2) is 0 Å². The molecule has 4 heteroatoms. The van der Waals surface area contributed by atoms with E-state index in [0.717, 1.165) is 13.0 Å². The molecular weight excluding hydrogens is 160 g/mol. The average molecular weight is 176 g/mol. The van der Waals surface area contributed by atoms with Crippen LogP contribution in [0.3, 0.4) is 0 Å². The molecule has 0 saturated heterocycles. The van der Waals surface area contributed by atoms with Crippen LogP contribution in [-0.2, 0) is 4.79 Å². The molecule has 0 unspecified atom stereocenters. The Labute approximate surface area is 72.6 Å². The molecule has 3 nitrogen and oxygen atoms in total. The Bertz CT molecular complexity index is 117. The van der Waals surface area contributed by atoms with Gasteiger partial charge in [0.1, 0.15) is 0 Å². The number of hydrogen-bond acceptors (Lipinski definition) is 3. The van der Waals surface area contributed by atoms with E-state index in [1.165, 1.54) is 19.1 Å². The molecule has 0 aliphatic rings. The van der Waals surface area contributed by atoms with Crippen molar-refractivity contribution < 1.29 is 4.79 Å². The van der Waals surface area contributed by atoms with E-state index in [4.69, 9.17) is 0 Å². The predicted molar refractivity (Wildman–Crippen MR) is 48.9 cm³/mol. The summed E-state index contributed by atoms with van der Waals surface area (Å²) in [5.41, 5.74) is 0. The van der Waals surface area contributed by atoms with Crippen LogP contribution in [0.5, 0.6) is 0 Å². The lowest BCUT2D eigenvalue weighted by molar-refractivity contribution is -0.117. The predicted octanol–water partition coefficient (Wildman–Crippen LogP) is 1.32. The molecule has 0 saturated carbocycles. The van der Waals surface area contributed by atoms with Gasteiger partial charge in [0.2, 0.25) is 5.91 Å². The van der Waals surface area contributed by atoms with E-state index in [0.29, 0.717) is 5.92 Å². The third kappa shape index (κ3) is 9.78. The first kappa shape index (κ1) is 10.8. The molecule has 0 atom stereocenters. The molecule has 66 valence electrons. The standard InChI is InChI=1S/C7H16N2OS/c1-6(2)4-5-8-11-9-7(3)10/h6,8H,4-5H2,1-3H3,(H,9,10). The molecule has 2 N–H and O–H groups in total. The SMILES string of the molecule is CC(=O)NSNCCC(C)C. The summed E-state index contributed by atoms with van der Waals surface area (Å²) >= 11 is 1.25. The molecular formula is C7H16N2OS. The molecule has 11 heavy (non-hydrogen) atoms. The molecule has 0 spiro atoms. The molecule has 0 aromatic heterocycles. The quantitative estimate of drug-likeness (QED) is 0.490. The summed E-state index contributed by atoms with van der Waals surface area (Å²) < 4.78 is 5.62. The number of amides is 1. The van der Waals surface area contributed by atoms with Gasteiger partial charge in [-0.2, -0.15) is 0 Å². The van der Waals surface area contributed by atoms with E-state index in [1.54, 1.807) is 0 Å². The van der Waals surface area contributed by atoms with Gasteiger partial charge in [-0.15, -0.1) is 0 Å². The fourth-order valence-electron chi connectivity index (χ4n) is 0.507. The topological polar surface area (TPSA) is 41.1 Å². The lowest BCUT2D eigenvalue weighted by Crippen LogP contribution is -2.19. The lowest BCUT2D eigenvalue weighted by atomic mass is 10.1. The summed E-state index contributed by atoms with van der Waals surface area (Å²) in [6, 6.07) is 0. The maximum absolute atomic E-state index is 10.4. The van der Waals surface area contributed by atoms with E-state index in [-0.39, 0.29) is 5.91 Å². The molecule has 0 aromatic carbocycles. The van der Waals surface area contributed by atoms with Crippen molar-refractivity contribution in [3.05, 3.63) is 0 Å². The van der Waals surface area contributed by atoms with Crippen molar-refractivity contribution in [2.45, 2.75) is 27.2 Å². The summed E-state index contributed by atoms with van der Waals surface area (Å²) in [6.45, 7) is 6.77. The number of rotatable bonds is 5. The zero-order valence-electron chi connectivity index (χ0n) is 7.31. The minimum absolute atomic E-state index is 0.0213. The molecule has 1 amide bonds. The van der Waals surface area contributed by atoms with Crippen LogP contribution in [0, 0.1) is 5.92 Å². The molecule has 0 bridgehead atoms. The largest absolute Gasteiger partial charge is 0.287 e. The Hall–Kier alpha value is -0.220. The van der Waals surface area contributed by atoms with Crippen molar-refractivity contribution in [1.82, 2.24) is 9.44 Å². The molecule has 0 rings (SSSR count). The number of carbonyl (C=O) groups is 1. The van der Waals surface area contributed by atoms with Gasteiger partial charge < -0.3 is 0 Å². The van der Waals surface area contributed by atoms with Crippen molar-refractivity contribution in [2.24, 2.45) is 5.92 Å². The minimum atomic E-state index is -0.0213. The van der Waals surface area contributed by atoms with Crippen LogP contribution < -0.4 is 9.44 Å². The van der Waals surface area contributed by atoms with Gasteiger partial charge in [-0.05, 0) is 12.3 Å². The molecule has 0 aliphatic carbocycles. The highest BCUT2D eigenvalue weighted by Crippen LogP contribution is 1.97. The van der Waals surface area contributed by atoms with Crippen LogP contribution >= 0.6 is 12.1 Å². The van der Waals surface area contributed by atoms with E-state index in [1.807, 2.05) is 0 Å². The van der Waals surface area contributed by atoms with Crippen molar-refractivity contribution in [1.29, 1.82) is 0 Å². The first-order chi connectivity index (χ1) is 5.13. The summed E-state index contributed by atoms with van der Waals surface area (Å²) in [5.74, 6) is 0.687. The molecule has 0 fully saturated rings. The van der Waals surface area contributed by atoms with Gasteiger partial charge in [-0.3, -0.25) is 9.52 Å². The number of carbonyl (C=O) groups excluding carboxylic acids is 1. The van der Waals surface area contributed by atoms with Gasteiger partial charge in [0.05, 0.1) is 0 Å². The molecule has 0 aromatic rings. The smallest absolute Gasteiger partial charge is 0.227 e. The summed E-state index contributed by atoms with van der Waals surface area (Å²) in [5, 5.41) is 0. The first-order valence-electron chi connectivity index (χ1n) is 3.78. The molecule has 0 aliphatic heterocycles. The highest BCUT2D eigenvalue weighted by atomic mass is 32.2. The zero-order valence-corrected chi connectivity index (χ0v) is 8.12. The van der Waals surface area contributed by atoms with Gasteiger partial charge in [-0.1, -0.05) is 13.8 Å². The van der Waals surface area contributed by atoms with Crippen LogP contribution in [0.25, 0.3) is 0 Å². The monoisotopic (exact) mass is 176 g/mol. The van der Waals surface area contributed by atoms with Gasteiger partial charge in [0.25, 0.3) is 0 Å². The van der Waals surface area contributed by atoms with Crippen molar-refractivity contribution in [3.8, 4) is 0 Å². The minimum Gasteiger partial charge on any atom is -0.287 e. The van der Waals surface area contributed by atoms with E-state index in [2.05, 4.69) is 23.3 Å². The second-order valence-corrected chi connectivity index (χ2v) is 3.53. The molecule has 0 heterocycles. The Balaban J connectivity index is 2.97. The van der Waals surface area contributed by atoms with Gasteiger partial charge in [-0.25, -0.2) is 4.72 Å². The van der Waals surface area contributed by atoms with Crippen LogP contribution in [0.2, 0.25) is 0 Å². The van der Waals surface area contributed by atoms with Crippen molar-refractivity contribution in [3.63, 3.8) is 0 Å². The van der Waals surface area contributed by atoms with E-state index < -0.39 is 0 Å². The molecule has 0 radical (unpaired) electrons. The highest BCUT2D eigenvalue weighted by Gasteiger charge is 1.93. The maximum Gasteiger partial charge on any atom is 0.227 e. The Kier molecular flexibility index (Phi) is 6.36. The third-order valence-corrected chi connectivity index (χ3v) is 1.83. The lowest BCUT2D eigenvalue weighted by Gasteiger charge is -2.05. The highest BCUT2D eigenvalue weighted by molar-refractivity contribution is 7.96. The Morgan fingerprint density at radius 1 is 1.55 bits per heavy atom. The Morgan fingerprint density at radius 2 is 2.18 bits per heavy atom. The maximum atomic E-state index is 10.4. The number of nitrogens with one attached hydrogen (secondary N) is 2. The summed E-state index contributed by atoms with van der Waals surface area (Å²) in [6.07, 6.45) is 1.13. The fourth-order valence-corrected chi connectivity index (χ4v) is 0.942. The summed E-state index contributed by atoms with van der Waals surface area (Å²) in [7, 11) is 0. The van der Waals surface area contributed by atoms with Crippen LogP contribution in [0.4, 0.5) is 0 Å². The van der Waals surface area contributed by atoms with E-state index >= 15 is 0 Å². The third-order valence-electron chi connectivity index (χ3n) is 1.09. The van der Waals surface area contributed by atoms with Crippen LogP contribution in [-0.4, -0.2) is 12.5 Å². The van der Waals surface area contributed by atoms with Crippen molar-refractivity contribution >= 4 is 18.0 Å². The average Bonchev–Trinajstić information content (AvgIpc) is 1.85. The van der Waals surface area contributed by atoms with Crippen LogP contribution in [0.1, 0.15) is 27.2 Å². The zero-order chi connectivity index (χ0) is 8.69. The van der Waals surface area contributed by atoms with Crippen molar-refractivity contribution in [2.75, 3.05) is 6.54 Å². The number of hydrogen-bond donors (Lipinski definition) is 2. The second kappa shape index (κ2) is 6.49. The normalized spacial score (nSPS) is 10.2. The summed E-state index contributed by atoms with van der Waals surface area (Å²) in [4.78, 5) is 10.4. The van der Waals surface area contributed by atoms with E-state index in [9.17, 15) is 4.79 Å². The van der Waals surface area contributed by atoms with Gasteiger partial charge >= 0.3 is 0 Å². The van der Waals surface area contributed by atoms with Crippen LogP contribution in [0.15, 0.2) is 0 Å². The first-order valence-corrected chi connectivity index (χ1v) is 4.60. The van der Waals surface area contributed by atoms with Gasteiger partial charge in [0, 0.05) is 25.6 Å². The Morgan fingerprint density at radius 3 is 2.64 bits per heavy atom. The second-order valence-electron chi connectivity index (χ2n) is 2.84.